The predicted molar refractivity (Wildman–Crippen MR) is 89.9 cm³/mol. The van der Waals surface area contributed by atoms with Gasteiger partial charge in [0.05, 0.1) is 44.0 Å². The highest BCUT2D eigenvalue weighted by Gasteiger charge is 2.25. The predicted octanol–water partition coefficient (Wildman–Crippen LogP) is 2.07. The minimum absolute atomic E-state index is 0.245. The molecule has 8 nitrogen and oxygen atoms in total. The van der Waals surface area contributed by atoms with Crippen molar-refractivity contribution in [2.24, 2.45) is 0 Å². The number of nitrogens with zero attached hydrogens (tertiary/aromatic N) is 4. The summed E-state index contributed by atoms with van der Waals surface area (Å²) >= 11 is 0. The highest BCUT2D eigenvalue weighted by Crippen LogP contribution is 2.37. The molecule has 0 aliphatic carbocycles. The number of carbonyl (C=O) groups excluding carboxylic acids is 1. The lowest BCUT2D eigenvalue weighted by Crippen LogP contribution is -2.15. The zero-order valence-corrected chi connectivity index (χ0v) is 14.2. The van der Waals surface area contributed by atoms with Crippen LogP contribution in [0.1, 0.15) is 23.0 Å². The number of carbonyl (C=O) groups is 1. The Morgan fingerprint density at radius 2 is 2.08 bits per heavy atom. The number of hydrogen-bond donors (Lipinski definition) is 0. The number of methoxy groups -OCH3 is 2. The zero-order valence-electron chi connectivity index (χ0n) is 14.2. The Kier molecular flexibility index (Phi) is 4.78. The molecule has 2 heterocycles. The van der Waals surface area contributed by atoms with Gasteiger partial charge in [-0.05, 0) is 19.1 Å². The molecular formula is C17H18N4O4. The second-order valence-corrected chi connectivity index (χ2v) is 5.13. The van der Waals surface area contributed by atoms with Crippen LogP contribution in [-0.2, 0) is 11.3 Å². The van der Waals surface area contributed by atoms with Gasteiger partial charge in [-0.25, -0.2) is 19.4 Å². The molecule has 0 aliphatic heterocycles. The van der Waals surface area contributed by atoms with Crippen molar-refractivity contribution in [1.82, 2.24) is 19.7 Å². The first kappa shape index (κ1) is 16.7. The van der Waals surface area contributed by atoms with Crippen molar-refractivity contribution < 1.29 is 19.0 Å². The summed E-state index contributed by atoms with van der Waals surface area (Å²) in [6.45, 7) is 2.25. The third-order valence-electron chi connectivity index (χ3n) is 3.68. The van der Waals surface area contributed by atoms with E-state index >= 15 is 0 Å². The molecule has 0 atom stereocenters. The summed E-state index contributed by atoms with van der Waals surface area (Å²) in [7, 11) is 3.06. The summed E-state index contributed by atoms with van der Waals surface area (Å²) in [6, 6.07) is 5.45. The van der Waals surface area contributed by atoms with Gasteiger partial charge in [0.15, 0.2) is 0 Å². The number of fused-ring (bicyclic) bond motifs is 1. The molecule has 3 aromatic rings. The van der Waals surface area contributed by atoms with Gasteiger partial charge in [0.25, 0.3) is 0 Å². The zero-order chi connectivity index (χ0) is 17.8. The van der Waals surface area contributed by atoms with E-state index in [-0.39, 0.29) is 18.7 Å². The van der Waals surface area contributed by atoms with Crippen molar-refractivity contribution in [2.75, 3.05) is 20.8 Å². The van der Waals surface area contributed by atoms with E-state index in [1.54, 1.807) is 31.1 Å². The molecule has 25 heavy (non-hydrogen) atoms. The molecule has 2 aromatic heterocycles. The van der Waals surface area contributed by atoms with Gasteiger partial charge in [0, 0.05) is 0 Å². The molecule has 0 spiro atoms. The normalized spacial score (nSPS) is 10.7. The van der Waals surface area contributed by atoms with Crippen molar-refractivity contribution in [2.45, 2.75) is 13.5 Å². The largest absolute Gasteiger partial charge is 0.496 e. The summed E-state index contributed by atoms with van der Waals surface area (Å²) in [5.74, 6) is 0.436. The fraction of sp³-hybridized carbons (Fsp3) is 0.294. The van der Waals surface area contributed by atoms with Crippen LogP contribution in [-0.4, -0.2) is 46.5 Å². The average Bonchev–Trinajstić information content (AvgIpc) is 3.13. The second-order valence-electron chi connectivity index (χ2n) is 5.13. The minimum atomic E-state index is -0.505. The van der Waals surface area contributed by atoms with Gasteiger partial charge in [-0.3, -0.25) is 0 Å². The van der Waals surface area contributed by atoms with Crippen LogP contribution >= 0.6 is 0 Å². The van der Waals surface area contributed by atoms with E-state index in [4.69, 9.17) is 14.2 Å². The van der Waals surface area contributed by atoms with Crippen LogP contribution in [0.25, 0.3) is 10.9 Å². The molecule has 130 valence electrons. The molecular weight excluding hydrogens is 324 g/mol. The molecule has 0 fully saturated rings. The van der Waals surface area contributed by atoms with E-state index in [9.17, 15) is 4.79 Å². The van der Waals surface area contributed by atoms with Crippen LogP contribution < -0.4 is 9.47 Å². The number of hydrogen-bond acceptors (Lipinski definition) is 7. The molecule has 0 bridgehead atoms. The monoisotopic (exact) mass is 342 g/mol. The Morgan fingerprint density at radius 3 is 2.72 bits per heavy atom. The lowest BCUT2D eigenvalue weighted by Gasteiger charge is -2.16. The Balaban J connectivity index is 2.29. The molecule has 0 radical (unpaired) electrons. The average molecular weight is 342 g/mol. The Labute approximate surface area is 144 Å². The lowest BCUT2D eigenvalue weighted by atomic mass is 10.1. The van der Waals surface area contributed by atoms with Crippen LogP contribution in [0.3, 0.4) is 0 Å². The Hall–Kier alpha value is -3.16. The standard InChI is InChI=1S/C17H18N4O4/c1-4-25-17(22)15-12(8-21-10-18-9-19-21)20-11-6-5-7-13(23-2)14(11)16(15)24-3/h5-7,9-10H,4,8H2,1-3H3. The molecule has 0 amide bonds. The van der Waals surface area contributed by atoms with Gasteiger partial charge in [-0.2, -0.15) is 5.10 Å². The Morgan fingerprint density at radius 1 is 1.24 bits per heavy atom. The van der Waals surface area contributed by atoms with Crippen molar-refractivity contribution in [3.8, 4) is 11.5 Å². The summed E-state index contributed by atoms with van der Waals surface area (Å²) in [4.78, 5) is 21.1. The lowest BCUT2D eigenvalue weighted by molar-refractivity contribution is 0.0521. The van der Waals surface area contributed by atoms with E-state index in [0.717, 1.165) is 0 Å². The third-order valence-corrected chi connectivity index (χ3v) is 3.68. The molecule has 8 heteroatoms. The number of rotatable bonds is 6. The number of esters is 1. The smallest absolute Gasteiger partial charge is 0.343 e. The van der Waals surface area contributed by atoms with Crippen molar-refractivity contribution in [3.05, 3.63) is 42.1 Å². The molecule has 0 unspecified atom stereocenters. The summed E-state index contributed by atoms with van der Waals surface area (Å²) in [5, 5.41) is 4.70. The Bertz CT molecular complexity index is 893. The first-order valence-electron chi connectivity index (χ1n) is 7.72. The van der Waals surface area contributed by atoms with Crippen LogP contribution in [0.15, 0.2) is 30.9 Å². The third kappa shape index (κ3) is 3.10. The van der Waals surface area contributed by atoms with Crippen LogP contribution in [0.4, 0.5) is 0 Å². The first-order chi connectivity index (χ1) is 12.2. The van der Waals surface area contributed by atoms with Gasteiger partial charge in [0.2, 0.25) is 0 Å². The second kappa shape index (κ2) is 7.16. The highest BCUT2D eigenvalue weighted by molar-refractivity contribution is 6.03. The SMILES string of the molecule is CCOC(=O)c1c(Cn2cncn2)nc2cccc(OC)c2c1OC. The fourth-order valence-corrected chi connectivity index (χ4v) is 2.67. The van der Waals surface area contributed by atoms with Crippen molar-refractivity contribution in [3.63, 3.8) is 0 Å². The number of pyridine rings is 1. The number of benzene rings is 1. The van der Waals surface area contributed by atoms with E-state index in [2.05, 4.69) is 15.1 Å². The van der Waals surface area contributed by atoms with Crippen LogP contribution in [0.2, 0.25) is 0 Å². The molecule has 0 N–H and O–H groups in total. The van der Waals surface area contributed by atoms with E-state index in [0.29, 0.717) is 28.1 Å². The quantitative estimate of drug-likeness (QED) is 0.634. The van der Waals surface area contributed by atoms with Crippen LogP contribution in [0, 0.1) is 0 Å². The van der Waals surface area contributed by atoms with Gasteiger partial charge in [-0.1, -0.05) is 6.07 Å². The minimum Gasteiger partial charge on any atom is -0.496 e. The summed E-state index contributed by atoms with van der Waals surface area (Å²) in [6.07, 6.45) is 2.98. The number of aromatic nitrogens is 4. The van der Waals surface area contributed by atoms with Crippen molar-refractivity contribution >= 4 is 16.9 Å². The topological polar surface area (TPSA) is 88.4 Å². The number of ether oxygens (including phenoxy) is 3. The van der Waals surface area contributed by atoms with Gasteiger partial charge >= 0.3 is 5.97 Å². The molecule has 0 saturated heterocycles. The van der Waals surface area contributed by atoms with Gasteiger partial charge in [-0.15, -0.1) is 0 Å². The van der Waals surface area contributed by atoms with Crippen LogP contribution in [0.5, 0.6) is 11.5 Å². The van der Waals surface area contributed by atoms with Gasteiger partial charge in [0.1, 0.15) is 29.7 Å². The van der Waals surface area contributed by atoms with Gasteiger partial charge < -0.3 is 14.2 Å². The van der Waals surface area contributed by atoms with Crippen molar-refractivity contribution in [1.29, 1.82) is 0 Å². The molecule has 0 saturated carbocycles. The van der Waals surface area contributed by atoms with E-state index < -0.39 is 5.97 Å². The molecule has 3 rings (SSSR count). The molecule has 0 aliphatic rings. The van der Waals surface area contributed by atoms with E-state index in [1.165, 1.54) is 13.4 Å². The highest BCUT2D eigenvalue weighted by atomic mass is 16.5. The van der Waals surface area contributed by atoms with E-state index in [1.807, 2.05) is 12.1 Å². The maximum Gasteiger partial charge on any atom is 0.343 e. The summed E-state index contributed by atoms with van der Waals surface area (Å²) in [5.41, 5.74) is 1.40. The maximum absolute atomic E-state index is 12.6. The molecule has 1 aromatic carbocycles. The fourth-order valence-electron chi connectivity index (χ4n) is 2.67. The first-order valence-corrected chi connectivity index (χ1v) is 7.72. The summed E-state index contributed by atoms with van der Waals surface area (Å²) < 4.78 is 17.8. The maximum atomic E-state index is 12.6.